The number of hydrogen-bond donors (Lipinski definition) is 3. The normalized spacial score (nSPS) is 13.9. The summed E-state index contributed by atoms with van der Waals surface area (Å²) in [5.41, 5.74) is 2.54. The van der Waals surface area contributed by atoms with Crippen molar-refractivity contribution in [2.24, 2.45) is 0 Å². The zero-order chi connectivity index (χ0) is 20.7. The molecule has 0 saturated carbocycles. The van der Waals surface area contributed by atoms with Crippen molar-refractivity contribution in [3.8, 4) is 11.8 Å². The molecule has 0 aliphatic carbocycles. The van der Waals surface area contributed by atoms with Gasteiger partial charge < -0.3 is 19.9 Å². The summed E-state index contributed by atoms with van der Waals surface area (Å²) in [6.07, 6.45) is 2.22. The molecule has 9 heteroatoms. The molecule has 1 aliphatic rings. The van der Waals surface area contributed by atoms with Gasteiger partial charge in [0.15, 0.2) is 17.4 Å². The van der Waals surface area contributed by atoms with E-state index >= 15 is 0 Å². The van der Waals surface area contributed by atoms with Gasteiger partial charge in [-0.3, -0.25) is 5.10 Å². The average molecular weight is 407 g/mol. The van der Waals surface area contributed by atoms with Crippen molar-refractivity contribution in [3.05, 3.63) is 47.5 Å². The lowest BCUT2D eigenvalue weighted by Crippen LogP contribution is -2.19. The zero-order valence-electron chi connectivity index (χ0n) is 16.8. The highest BCUT2D eigenvalue weighted by atomic mass is 19.1. The third kappa shape index (κ3) is 3.54. The molecule has 8 nitrogen and oxygen atoms in total. The number of rotatable bonds is 5. The van der Waals surface area contributed by atoms with Gasteiger partial charge in [0.25, 0.3) is 0 Å². The Morgan fingerprint density at radius 2 is 1.87 bits per heavy atom. The number of aromatic amines is 2. The number of nitrogens with one attached hydrogen (secondary N) is 3. The van der Waals surface area contributed by atoms with Crippen molar-refractivity contribution >= 4 is 28.4 Å². The van der Waals surface area contributed by atoms with E-state index in [4.69, 9.17) is 4.74 Å². The molecule has 0 atom stereocenters. The molecule has 1 fully saturated rings. The Hall–Kier alpha value is -3.62. The fourth-order valence-electron chi connectivity index (χ4n) is 3.71. The van der Waals surface area contributed by atoms with Crippen LogP contribution in [0.2, 0.25) is 0 Å². The van der Waals surface area contributed by atoms with Crippen molar-refractivity contribution in [1.29, 1.82) is 0 Å². The fourth-order valence-corrected chi connectivity index (χ4v) is 3.71. The van der Waals surface area contributed by atoms with Gasteiger partial charge in [0, 0.05) is 47.5 Å². The van der Waals surface area contributed by atoms with E-state index in [1.807, 2.05) is 26.0 Å². The van der Waals surface area contributed by atoms with Crippen LogP contribution in [0.15, 0.2) is 30.3 Å². The van der Waals surface area contributed by atoms with Crippen molar-refractivity contribution < 1.29 is 9.13 Å². The van der Waals surface area contributed by atoms with Gasteiger partial charge in [0.2, 0.25) is 0 Å². The molecule has 1 aliphatic heterocycles. The Bertz CT molecular complexity index is 1210. The Kier molecular flexibility index (Phi) is 4.50. The largest absolute Gasteiger partial charge is 0.421 e. The van der Waals surface area contributed by atoms with Crippen LogP contribution in [0.5, 0.6) is 11.8 Å². The highest BCUT2D eigenvalue weighted by Gasteiger charge is 2.19. The van der Waals surface area contributed by atoms with E-state index in [0.717, 1.165) is 48.7 Å². The summed E-state index contributed by atoms with van der Waals surface area (Å²) in [6.45, 7) is 5.64. The first-order chi connectivity index (χ1) is 14.5. The molecular weight excluding hydrogens is 385 g/mol. The van der Waals surface area contributed by atoms with Gasteiger partial charge >= 0.3 is 6.01 Å². The first-order valence-electron chi connectivity index (χ1n) is 9.94. The quantitative estimate of drug-likeness (QED) is 0.449. The predicted molar refractivity (Wildman–Crippen MR) is 113 cm³/mol. The van der Waals surface area contributed by atoms with Crippen molar-refractivity contribution in [3.63, 3.8) is 0 Å². The number of H-pyrrole nitrogens is 2. The number of fused-ring (bicyclic) bond motifs is 1. The molecule has 154 valence electrons. The molecule has 0 bridgehead atoms. The van der Waals surface area contributed by atoms with Gasteiger partial charge in [0.05, 0.1) is 0 Å². The number of aryl methyl sites for hydroxylation is 2. The zero-order valence-corrected chi connectivity index (χ0v) is 16.8. The number of halogens is 1. The number of nitrogens with zero attached hydrogens (tertiary/aromatic N) is 4. The molecule has 3 N–H and O–H groups in total. The molecular formula is C21H22FN7O. The van der Waals surface area contributed by atoms with Gasteiger partial charge in [-0.05, 0) is 44.9 Å². The number of hydrogen-bond acceptors (Lipinski definition) is 6. The maximum Gasteiger partial charge on any atom is 0.326 e. The topological polar surface area (TPSA) is 94.8 Å². The lowest BCUT2D eigenvalue weighted by atomic mass is 10.2. The van der Waals surface area contributed by atoms with Gasteiger partial charge in [-0.2, -0.15) is 15.1 Å². The van der Waals surface area contributed by atoms with E-state index in [9.17, 15) is 4.39 Å². The highest BCUT2D eigenvalue weighted by molar-refractivity contribution is 5.82. The van der Waals surface area contributed by atoms with Crippen LogP contribution in [0.1, 0.15) is 24.2 Å². The third-order valence-electron chi connectivity index (χ3n) is 5.12. The lowest BCUT2D eigenvalue weighted by Gasteiger charge is -2.18. The van der Waals surface area contributed by atoms with E-state index in [1.54, 1.807) is 18.2 Å². The molecule has 1 aromatic carbocycles. The van der Waals surface area contributed by atoms with Crippen molar-refractivity contribution in [2.45, 2.75) is 26.7 Å². The van der Waals surface area contributed by atoms with Crippen LogP contribution in [-0.4, -0.2) is 38.2 Å². The minimum atomic E-state index is -0.440. The summed E-state index contributed by atoms with van der Waals surface area (Å²) in [5, 5.41) is 10.7. The van der Waals surface area contributed by atoms with E-state index in [0.29, 0.717) is 17.0 Å². The van der Waals surface area contributed by atoms with E-state index < -0.39 is 5.82 Å². The van der Waals surface area contributed by atoms with E-state index in [-0.39, 0.29) is 11.8 Å². The Labute approximate surface area is 172 Å². The van der Waals surface area contributed by atoms with Crippen LogP contribution in [0.3, 0.4) is 0 Å². The van der Waals surface area contributed by atoms with Crippen LogP contribution in [0.25, 0.3) is 10.9 Å². The second-order valence-corrected chi connectivity index (χ2v) is 7.54. The maximum absolute atomic E-state index is 15.0. The molecule has 0 unspecified atom stereocenters. The molecule has 4 heterocycles. The van der Waals surface area contributed by atoms with Crippen LogP contribution in [0.4, 0.5) is 21.8 Å². The summed E-state index contributed by atoms with van der Waals surface area (Å²) in [7, 11) is 0. The van der Waals surface area contributed by atoms with E-state index in [2.05, 4.69) is 35.4 Å². The smallest absolute Gasteiger partial charge is 0.326 e. The standard InChI is InChI=1S/C21H22FN7O/c1-12-9-14-15(23-12)5-6-16(20(14)22)30-21-25-17(24-18-10-13(2)27-28-18)11-19(26-21)29-7-3-4-8-29/h5-6,9-11,23H,3-4,7-8H2,1-2H3,(H2,24,25,26,27,28). The summed E-state index contributed by atoms with van der Waals surface area (Å²) >= 11 is 0. The van der Waals surface area contributed by atoms with Crippen molar-refractivity contribution in [1.82, 2.24) is 25.1 Å². The maximum atomic E-state index is 15.0. The Morgan fingerprint density at radius 1 is 1.03 bits per heavy atom. The summed E-state index contributed by atoms with van der Waals surface area (Å²) < 4.78 is 20.8. The summed E-state index contributed by atoms with van der Waals surface area (Å²) in [5.74, 6) is 1.56. The van der Waals surface area contributed by atoms with Crippen LogP contribution < -0.4 is 15.0 Å². The minimum Gasteiger partial charge on any atom is -0.421 e. The van der Waals surface area contributed by atoms with Crippen LogP contribution in [0, 0.1) is 19.7 Å². The second kappa shape index (κ2) is 7.33. The van der Waals surface area contributed by atoms with Gasteiger partial charge in [-0.25, -0.2) is 4.39 Å². The number of ether oxygens (including phenoxy) is 1. The molecule has 0 radical (unpaired) electrons. The highest BCUT2D eigenvalue weighted by Crippen LogP contribution is 2.31. The molecule has 3 aromatic heterocycles. The van der Waals surface area contributed by atoms with Crippen LogP contribution in [-0.2, 0) is 0 Å². The summed E-state index contributed by atoms with van der Waals surface area (Å²) in [6, 6.07) is 8.95. The minimum absolute atomic E-state index is 0.0830. The molecule has 0 amide bonds. The predicted octanol–water partition coefficient (Wildman–Crippen LogP) is 4.57. The molecule has 4 aromatic rings. The monoisotopic (exact) mass is 407 g/mol. The van der Waals surface area contributed by atoms with Crippen LogP contribution >= 0.6 is 0 Å². The first-order valence-corrected chi connectivity index (χ1v) is 9.94. The average Bonchev–Trinajstić information content (AvgIpc) is 3.45. The fraction of sp³-hybridized carbons (Fsp3) is 0.286. The molecule has 30 heavy (non-hydrogen) atoms. The summed E-state index contributed by atoms with van der Waals surface area (Å²) in [4.78, 5) is 14.3. The number of anilines is 3. The van der Waals surface area contributed by atoms with Gasteiger partial charge in [0.1, 0.15) is 11.6 Å². The van der Waals surface area contributed by atoms with Gasteiger partial charge in [-0.1, -0.05) is 0 Å². The van der Waals surface area contributed by atoms with E-state index in [1.165, 1.54) is 0 Å². The molecule has 1 saturated heterocycles. The molecule has 5 rings (SSSR count). The first kappa shape index (κ1) is 18.4. The number of benzene rings is 1. The number of aromatic nitrogens is 5. The SMILES string of the molecule is Cc1cc(Nc2cc(N3CCCC3)nc(Oc3ccc4[nH]c(C)cc4c3F)n2)n[nH]1. The lowest BCUT2D eigenvalue weighted by molar-refractivity contribution is 0.414. The molecule has 0 spiro atoms. The van der Waals surface area contributed by atoms with Crippen molar-refractivity contribution in [2.75, 3.05) is 23.3 Å². The Balaban J connectivity index is 1.50. The third-order valence-corrected chi connectivity index (χ3v) is 5.12. The van der Waals surface area contributed by atoms with Gasteiger partial charge in [-0.15, -0.1) is 0 Å². The Morgan fingerprint density at radius 3 is 2.63 bits per heavy atom. The second-order valence-electron chi connectivity index (χ2n) is 7.54.